The van der Waals surface area contributed by atoms with Crippen molar-refractivity contribution < 1.29 is 4.74 Å². The Balaban J connectivity index is 2.05. The Morgan fingerprint density at radius 3 is 2.61 bits per heavy atom. The second-order valence-electron chi connectivity index (χ2n) is 5.06. The van der Waals surface area contributed by atoms with Crippen molar-refractivity contribution in [1.82, 2.24) is 9.97 Å². The first-order chi connectivity index (χ1) is 11.2. The molecule has 0 amide bonds. The highest BCUT2D eigenvalue weighted by molar-refractivity contribution is 5.65. The first-order valence-corrected chi connectivity index (χ1v) is 7.36. The van der Waals surface area contributed by atoms with Crippen LogP contribution in [0.25, 0.3) is 22.6 Å². The van der Waals surface area contributed by atoms with Crippen LogP contribution >= 0.6 is 0 Å². The summed E-state index contributed by atoms with van der Waals surface area (Å²) in [7, 11) is 0. The van der Waals surface area contributed by atoms with E-state index in [1.54, 1.807) is 12.1 Å². The Labute approximate surface area is 133 Å². The van der Waals surface area contributed by atoms with E-state index in [2.05, 4.69) is 9.97 Å². The standard InChI is InChI=1S/C18H17N3O2/c1-2-23-15-5-3-4-13(10-15)18-20-16(11-17(22)21-18)12-6-8-14(19)9-7-12/h3-11H,2,19H2,1H3,(H,20,21,22). The van der Waals surface area contributed by atoms with Crippen LogP contribution in [0, 0.1) is 0 Å². The van der Waals surface area contributed by atoms with Crippen LogP contribution in [0.1, 0.15) is 6.92 Å². The van der Waals surface area contributed by atoms with E-state index >= 15 is 0 Å². The zero-order valence-electron chi connectivity index (χ0n) is 12.7. The van der Waals surface area contributed by atoms with Gasteiger partial charge in [0, 0.05) is 22.9 Å². The minimum atomic E-state index is -0.205. The number of hydrogen-bond donors (Lipinski definition) is 2. The smallest absolute Gasteiger partial charge is 0.251 e. The summed E-state index contributed by atoms with van der Waals surface area (Å²) < 4.78 is 5.49. The number of nitrogen functional groups attached to an aromatic ring is 1. The average Bonchev–Trinajstić information content (AvgIpc) is 2.55. The van der Waals surface area contributed by atoms with E-state index < -0.39 is 0 Å². The molecule has 23 heavy (non-hydrogen) atoms. The highest BCUT2D eigenvalue weighted by Crippen LogP contribution is 2.23. The molecule has 0 aliphatic carbocycles. The van der Waals surface area contributed by atoms with E-state index in [-0.39, 0.29) is 5.56 Å². The van der Waals surface area contributed by atoms with E-state index in [1.807, 2.05) is 43.3 Å². The fourth-order valence-corrected chi connectivity index (χ4v) is 2.30. The van der Waals surface area contributed by atoms with Gasteiger partial charge >= 0.3 is 0 Å². The Kier molecular flexibility index (Phi) is 4.10. The molecule has 0 spiro atoms. The van der Waals surface area contributed by atoms with Crippen LogP contribution in [-0.2, 0) is 0 Å². The quantitative estimate of drug-likeness (QED) is 0.726. The van der Waals surface area contributed by atoms with Gasteiger partial charge in [0.05, 0.1) is 12.3 Å². The largest absolute Gasteiger partial charge is 0.494 e. The zero-order valence-corrected chi connectivity index (χ0v) is 12.7. The molecule has 0 fully saturated rings. The fraction of sp³-hybridized carbons (Fsp3) is 0.111. The van der Waals surface area contributed by atoms with Crippen molar-refractivity contribution in [1.29, 1.82) is 0 Å². The number of ether oxygens (including phenoxy) is 1. The van der Waals surface area contributed by atoms with Crippen molar-refractivity contribution in [2.24, 2.45) is 0 Å². The number of nitrogens with zero attached hydrogens (tertiary/aromatic N) is 1. The molecule has 0 atom stereocenters. The van der Waals surface area contributed by atoms with Crippen molar-refractivity contribution in [3.05, 3.63) is 65.0 Å². The number of aromatic nitrogens is 2. The lowest BCUT2D eigenvalue weighted by molar-refractivity contribution is 0.340. The number of rotatable bonds is 4. The van der Waals surface area contributed by atoms with Gasteiger partial charge < -0.3 is 15.5 Å². The third-order valence-electron chi connectivity index (χ3n) is 3.37. The average molecular weight is 307 g/mol. The molecular formula is C18H17N3O2. The Morgan fingerprint density at radius 1 is 1.09 bits per heavy atom. The molecule has 0 saturated carbocycles. The van der Waals surface area contributed by atoms with Gasteiger partial charge in [0.1, 0.15) is 11.6 Å². The summed E-state index contributed by atoms with van der Waals surface area (Å²) in [6.45, 7) is 2.51. The van der Waals surface area contributed by atoms with Crippen molar-refractivity contribution in [2.75, 3.05) is 12.3 Å². The van der Waals surface area contributed by atoms with Gasteiger partial charge in [0.25, 0.3) is 5.56 Å². The monoisotopic (exact) mass is 307 g/mol. The molecule has 0 unspecified atom stereocenters. The molecule has 0 aliphatic rings. The summed E-state index contributed by atoms with van der Waals surface area (Å²) in [6, 6.07) is 16.2. The van der Waals surface area contributed by atoms with Gasteiger partial charge in [-0.3, -0.25) is 4.79 Å². The number of anilines is 1. The summed E-state index contributed by atoms with van der Waals surface area (Å²) in [4.78, 5) is 19.3. The summed E-state index contributed by atoms with van der Waals surface area (Å²) in [6.07, 6.45) is 0. The molecule has 1 aromatic heterocycles. The highest BCUT2D eigenvalue weighted by Gasteiger charge is 2.07. The highest BCUT2D eigenvalue weighted by atomic mass is 16.5. The minimum absolute atomic E-state index is 0.205. The normalized spacial score (nSPS) is 10.5. The van der Waals surface area contributed by atoms with Gasteiger partial charge in [-0.25, -0.2) is 4.98 Å². The maximum absolute atomic E-state index is 12.0. The van der Waals surface area contributed by atoms with E-state index in [0.717, 1.165) is 16.9 Å². The molecule has 116 valence electrons. The van der Waals surface area contributed by atoms with Gasteiger partial charge in [-0.1, -0.05) is 24.3 Å². The predicted molar refractivity (Wildman–Crippen MR) is 91.3 cm³/mol. The molecule has 0 aliphatic heterocycles. The SMILES string of the molecule is CCOc1cccc(-c2nc(-c3ccc(N)cc3)cc(=O)[nH]2)c1. The van der Waals surface area contributed by atoms with Crippen LogP contribution in [0.4, 0.5) is 5.69 Å². The number of nitrogens with one attached hydrogen (secondary N) is 1. The van der Waals surface area contributed by atoms with Gasteiger partial charge in [0.15, 0.2) is 0 Å². The lowest BCUT2D eigenvalue weighted by Crippen LogP contribution is -2.08. The van der Waals surface area contributed by atoms with Crippen LogP contribution in [0.15, 0.2) is 59.4 Å². The molecule has 0 bridgehead atoms. The Morgan fingerprint density at radius 2 is 1.87 bits per heavy atom. The van der Waals surface area contributed by atoms with Crippen molar-refractivity contribution >= 4 is 5.69 Å². The van der Waals surface area contributed by atoms with Gasteiger partial charge in [0.2, 0.25) is 0 Å². The first kappa shape index (κ1) is 14.8. The number of H-pyrrole nitrogens is 1. The van der Waals surface area contributed by atoms with Crippen LogP contribution < -0.4 is 16.0 Å². The van der Waals surface area contributed by atoms with E-state index in [1.165, 1.54) is 6.07 Å². The van der Waals surface area contributed by atoms with Crippen molar-refractivity contribution in [3.63, 3.8) is 0 Å². The van der Waals surface area contributed by atoms with E-state index in [4.69, 9.17) is 10.5 Å². The maximum atomic E-state index is 12.0. The van der Waals surface area contributed by atoms with Gasteiger partial charge in [-0.2, -0.15) is 0 Å². The second kappa shape index (κ2) is 6.36. The molecule has 3 N–H and O–H groups in total. The predicted octanol–water partition coefficient (Wildman–Crippen LogP) is 3.08. The summed E-state index contributed by atoms with van der Waals surface area (Å²) >= 11 is 0. The number of hydrogen-bond acceptors (Lipinski definition) is 4. The van der Waals surface area contributed by atoms with Crippen LogP contribution in [0.2, 0.25) is 0 Å². The van der Waals surface area contributed by atoms with Crippen LogP contribution in [0.3, 0.4) is 0 Å². The summed E-state index contributed by atoms with van der Waals surface area (Å²) in [5, 5.41) is 0. The van der Waals surface area contributed by atoms with E-state index in [0.29, 0.717) is 23.8 Å². The Hall–Kier alpha value is -3.08. The lowest BCUT2D eigenvalue weighted by atomic mass is 10.1. The van der Waals surface area contributed by atoms with Crippen LogP contribution in [0.5, 0.6) is 5.75 Å². The van der Waals surface area contributed by atoms with Gasteiger partial charge in [-0.05, 0) is 31.2 Å². The first-order valence-electron chi connectivity index (χ1n) is 7.36. The molecule has 1 heterocycles. The molecule has 0 radical (unpaired) electrons. The van der Waals surface area contributed by atoms with Crippen LogP contribution in [-0.4, -0.2) is 16.6 Å². The zero-order chi connectivity index (χ0) is 16.2. The molecular weight excluding hydrogens is 290 g/mol. The van der Waals surface area contributed by atoms with Gasteiger partial charge in [-0.15, -0.1) is 0 Å². The summed E-state index contributed by atoms with van der Waals surface area (Å²) in [5.74, 6) is 1.25. The minimum Gasteiger partial charge on any atom is -0.494 e. The lowest BCUT2D eigenvalue weighted by Gasteiger charge is -2.07. The Bertz CT molecular complexity index is 870. The molecule has 0 saturated heterocycles. The fourth-order valence-electron chi connectivity index (χ4n) is 2.30. The molecule has 5 nitrogen and oxygen atoms in total. The number of benzene rings is 2. The van der Waals surface area contributed by atoms with Crippen molar-refractivity contribution in [3.8, 4) is 28.4 Å². The third kappa shape index (κ3) is 3.40. The maximum Gasteiger partial charge on any atom is 0.251 e. The number of nitrogens with two attached hydrogens (primary N) is 1. The topological polar surface area (TPSA) is 81.0 Å². The molecule has 3 aromatic rings. The second-order valence-corrected chi connectivity index (χ2v) is 5.06. The summed E-state index contributed by atoms with van der Waals surface area (Å²) in [5.41, 5.74) is 8.40. The van der Waals surface area contributed by atoms with Crippen molar-refractivity contribution in [2.45, 2.75) is 6.92 Å². The van der Waals surface area contributed by atoms with E-state index in [9.17, 15) is 4.79 Å². The molecule has 3 rings (SSSR count). The third-order valence-corrected chi connectivity index (χ3v) is 3.37. The molecule has 5 heteroatoms. The molecule has 2 aromatic carbocycles. The number of aromatic amines is 1.